The van der Waals surface area contributed by atoms with Crippen LogP contribution < -0.4 is 25.4 Å². The van der Waals surface area contributed by atoms with Crippen LogP contribution >= 0.6 is 24.8 Å². The van der Waals surface area contributed by atoms with Gasteiger partial charge in [0.05, 0.1) is 23.4 Å². The summed E-state index contributed by atoms with van der Waals surface area (Å²) in [6, 6.07) is 13.2. The van der Waals surface area contributed by atoms with E-state index in [0.717, 1.165) is 30.0 Å². The number of rotatable bonds is 11. The summed E-state index contributed by atoms with van der Waals surface area (Å²) in [6.45, 7) is 10.1. The topological polar surface area (TPSA) is 110 Å². The van der Waals surface area contributed by atoms with E-state index in [1.54, 1.807) is 53.7 Å². The summed E-state index contributed by atoms with van der Waals surface area (Å²) in [5, 5.41) is 4.05. The van der Waals surface area contributed by atoms with Crippen molar-refractivity contribution in [3.8, 4) is 5.75 Å². The molecular formula is C33H41Cl2N5O5. The molecule has 0 fully saturated rings. The maximum absolute atomic E-state index is 13.1. The molecule has 0 saturated carbocycles. The highest BCUT2D eigenvalue weighted by atomic mass is 35.5. The number of fused-ring (bicyclic) bond motifs is 2. The molecule has 0 bridgehead atoms. The molecule has 5 rings (SSSR count). The molecule has 2 amide bonds. The van der Waals surface area contributed by atoms with Gasteiger partial charge in [-0.3, -0.25) is 19.4 Å². The average Bonchev–Trinajstić information content (AvgIpc) is 3.38. The molecule has 12 heteroatoms. The first-order chi connectivity index (χ1) is 20.6. The number of nitrogens with one attached hydrogen (secondary N) is 1. The molecule has 3 aromatic heterocycles. The number of hydrogen-bond acceptors (Lipinski definition) is 7. The van der Waals surface area contributed by atoms with Crippen LogP contribution in [0.15, 0.2) is 64.1 Å². The average molecular weight is 659 g/mol. The lowest BCUT2D eigenvalue weighted by molar-refractivity contribution is -0.137. The van der Waals surface area contributed by atoms with Gasteiger partial charge in [0.1, 0.15) is 22.5 Å². The molecule has 4 heterocycles. The summed E-state index contributed by atoms with van der Waals surface area (Å²) in [5.74, 6) is 0.935. The SMILES string of the molecule is CCN1C(=O)C(C)(C)C(=O)N(C)c2cc(OCCCNCc3ccnc(CCn4ccc5oc(C)cc5c4=O)c3)ccc21.Cl.Cl. The molecule has 1 aliphatic rings. The Morgan fingerprint density at radius 2 is 1.78 bits per heavy atom. The van der Waals surface area contributed by atoms with Crippen molar-refractivity contribution in [2.45, 2.75) is 53.6 Å². The van der Waals surface area contributed by atoms with Gasteiger partial charge < -0.3 is 28.8 Å². The number of benzene rings is 1. The molecule has 1 aliphatic heterocycles. The van der Waals surface area contributed by atoms with E-state index >= 15 is 0 Å². The second kappa shape index (κ2) is 14.9. The molecule has 0 aliphatic carbocycles. The summed E-state index contributed by atoms with van der Waals surface area (Å²) in [4.78, 5) is 46.6. The third-order valence-electron chi connectivity index (χ3n) is 7.90. The first-order valence-electron chi connectivity index (χ1n) is 14.7. The number of nitrogens with zero attached hydrogens (tertiary/aromatic N) is 4. The first-order valence-corrected chi connectivity index (χ1v) is 14.7. The van der Waals surface area contributed by atoms with Crippen molar-refractivity contribution in [1.29, 1.82) is 0 Å². The zero-order valence-electron chi connectivity index (χ0n) is 26.3. The van der Waals surface area contributed by atoms with Crippen LogP contribution in [0, 0.1) is 12.3 Å². The van der Waals surface area contributed by atoms with Crippen LogP contribution in [-0.2, 0) is 29.1 Å². The summed E-state index contributed by atoms with van der Waals surface area (Å²) < 4.78 is 13.3. The maximum Gasteiger partial charge on any atom is 0.261 e. The van der Waals surface area contributed by atoms with Crippen LogP contribution in [0.25, 0.3) is 11.0 Å². The quantitative estimate of drug-likeness (QED) is 0.172. The zero-order valence-corrected chi connectivity index (χ0v) is 27.9. The molecule has 4 aromatic rings. The number of carbonyl (C=O) groups is 2. The fourth-order valence-corrected chi connectivity index (χ4v) is 5.48. The van der Waals surface area contributed by atoms with Crippen molar-refractivity contribution in [2.24, 2.45) is 5.41 Å². The number of hydrogen-bond donors (Lipinski definition) is 1. The standard InChI is InChI=1S/C33H39N5O5.2ClH/c1-6-38-27-9-8-25(20-28(27)36(5)31(40)33(3,4)32(38)41)42-17-7-13-34-21-23-10-14-35-24(19-23)11-15-37-16-12-29-26(30(37)39)18-22(2)43-29;;/h8-10,12,14,16,18-20,34H,6-7,11,13,15,17,21H2,1-5H3;2*1H. The molecule has 0 saturated heterocycles. The Hall–Kier alpha value is -3.86. The van der Waals surface area contributed by atoms with Gasteiger partial charge in [-0.15, -0.1) is 24.8 Å². The number of furan rings is 1. The van der Waals surface area contributed by atoms with E-state index in [0.29, 0.717) is 60.8 Å². The Morgan fingerprint density at radius 3 is 2.53 bits per heavy atom. The van der Waals surface area contributed by atoms with Gasteiger partial charge in [0.15, 0.2) is 0 Å². The molecule has 0 spiro atoms. The lowest BCUT2D eigenvalue weighted by Crippen LogP contribution is -2.47. The summed E-state index contributed by atoms with van der Waals surface area (Å²) in [5.41, 5.74) is 2.84. The van der Waals surface area contributed by atoms with Crippen LogP contribution in [0.3, 0.4) is 0 Å². The molecule has 10 nitrogen and oxygen atoms in total. The first kappa shape index (κ1) is 35.6. The highest BCUT2D eigenvalue weighted by Gasteiger charge is 2.45. The third-order valence-corrected chi connectivity index (χ3v) is 7.90. The van der Waals surface area contributed by atoms with Gasteiger partial charge in [0.25, 0.3) is 5.56 Å². The summed E-state index contributed by atoms with van der Waals surface area (Å²) >= 11 is 0. The van der Waals surface area contributed by atoms with E-state index < -0.39 is 5.41 Å². The van der Waals surface area contributed by atoms with E-state index in [2.05, 4.69) is 16.4 Å². The third kappa shape index (κ3) is 7.52. The molecule has 0 atom stereocenters. The molecule has 0 radical (unpaired) electrons. The van der Waals surface area contributed by atoms with Crippen molar-refractivity contribution in [1.82, 2.24) is 14.9 Å². The largest absolute Gasteiger partial charge is 0.493 e. The number of amides is 2. The minimum Gasteiger partial charge on any atom is -0.493 e. The predicted molar refractivity (Wildman–Crippen MR) is 181 cm³/mol. The van der Waals surface area contributed by atoms with Crippen LogP contribution in [0.1, 0.15) is 44.2 Å². The van der Waals surface area contributed by atoms with Crippen molar-refractivity contribution < 1.29 is 18.7 Å². The number of carbonyl (C=O) groups excluding carboxylic acids is 2. The van der Waals surface area contributed by atoms with Crippen molar-refractivity contribution >= 4 is 59.0 Å². The Balaban J connectivity index is 0.00000276. The number of pyridine rings is 2. The van der Waals surface area contributed by atoms with Crippen molar-refractivity contribution in [2.75, 3.05) is 36.5 Å². The van der Waals surface area contributed by atoms with Gasteiger partial charge in [-0.1, -0.05) is 0 Å². The van der Waals surface area contributed by atoms with Gasteiger partial charge in [0.2, 0.25) is 11.8 Å². The monoisotopic (exact) mass is 657 g/mol. The second-order valence-corrected chi connectivity index (χ2v) is 11.4. The van der Waals surface area contributed by atoms with Gasteiger partial charge in [0, 0.05) is 57.3 Å². The maximum atomic E-state index is 13.1. The number of halogens is 2. The van der Waals surface area contributed by atoms with Crippen molar-refractivity contribution in [3.63, 3.8) is 0 Å². The fraction of sp³-hybridized carbons (Fsp3) is 0.394. The van der Waals surface area contributed by atoms with Crippen LogP contribution in [0.4, 0.5) is 11.4 Å². The number of aryl methyl sites for hydroxylation is 3. The van der Waals surface area contributed by atoms with E-state index in [-0.39, 0.29) is 42.2 Å². The summed E-state index contributed by atoms with van der Waals surface area (Å²) in [6.07, 6.45) is 5.00. The van der Waals surface area contributed by atoms with E-state index in [9.17, 15) is 14.4 Å². The number of ether oxygens (including phenoxy) is 1. The molecular weight excluding hydrogens is 617 g/mol. The van der Waals surface area contributed by atoms with Gasteiger partial charge in [-0.25, -0.2) is 0 Å². The van der Waals surface area contributed by atoms with Gasteiger partial charge in [-0.05, 0) is 82.6 Å². The molecule has 242 valence electrons. The minimum absolute atomic E-state index is 0. The van der Waals surface area contributed by atoms with E-state index in [1.807, 2.05) is 44.2 Å². The molecule has 45 heavy (non-hydrogen) atoms. The van der Waals surface area contributed by atoms with Gasteiger partial charge in [-0.2, -0.15) is 0 Å². The lowest BCUT2D eigenvalue weighted by atomic mass is 9.90. The van der Waals surface area contributed by atoms with Gasteiger partial charge >= 0.3 is 0 Å². The minimum atomic E-state index is -1.14. The predicted octanol–water partition coefficient (Wildman–Crippen LogP) is 5.30. The number of anilines is 2. The zero-order chi connectivity index (χ0) is 30.7. The summed E-state index contributed by atoms with van der Waals surface area (Å²) in [7, 11) is 1.70. The Labute approximate surface area is 275 Å². The Morgan fingerprint density at radius 1 is 1.00 bits per heavy atom. The van der Waals surface area contributed by atoms with Crippen LogP contribution in [0.5, 0.6) is 5.75 Å². The highest BCUT2D eigenvalue weighted by molar-refractivity contribution is 6.20. The number of aromatic nitrogens is 2. The smallest absolute Gasteiger partial charge is 0.261 e. The second-order valence-electron chi connectivity index (χ2n) is 11.4. The van der Waals surface area contributed by atoms with E-state index in [4.69, 9.17) is 9.15 Å². The Bertz CT molecular complexity index is 1720. The lowest BCUT2D eigenvalue weighted by Gasteiger charge is -2.27. The molecule has 1 N–H and O–H groups in total. The van der Waals surface area contributed by atoms with Crippen LogP contribution in [-0.4, -0.2) is 48.1 Å². The normalized spacial score (nSPS) is 14.1. The molecule has 1 aromatic carbocycles. The Kier molecular flexibility index (Phi) is 11.8. The van der Waals surface area contributed by atoms with Crippen LogP contribution in [0.2, 0.25) is 0 Å². The van der Waals surface area contributed by atoms with Crippen molar-refractivity contribution in [3.05, 3.63) is 82.2 Å². The fourth-order valence-electron chi connectivity index (χ4n) is 5.48. The highest BCUT2D eigenvalue weighted by Crippen LogP contribution is 2.40. The van der Waals surface area contributed by atoms with E-state index in [1.165, 1.54) is 0 Å². The molecule has 0 unspecified atom stereocenters.